The number of phenolic OH excluding ortho intramolecular Hbond substituents is 1. The van der Waals surface area contributed by atoms with Crippen molar-refractivity contribution in [2.45, 2.75) is 63.2 Å². The molecular weight excluding hydrogens is 460 g/mol. The summed E-state index contributed by atoms with van der Waals surface area (Å²) < 4.78 is 0. The number of carbonyl (C=O) groups excluding carboxylic acids is 4. The number of carboxylic acid groups (broad SMARTS) is 1. The number of carboxylic acids is 1. The average Bonchev–Trinajstić information content (AvgIpc) is 2.78. The minimum atomic E-state index is -1.54. The van der Waals surface area contributed by atoms with Crippen molar-refractivity contribution in [3.05, 3.63) is 29.8 Å². The molecule has 11 N–H and O–H groups in total. The first-order chi connectivity index (χ1) is 16.4. The van der Waals surface area contributed by atoms with Gasteiger partial charge in [0.1, 0.15) is 23.9 Å². The number of primary amides is 1. The summed E-state index contributed by atoms with van der Waals surface area (Å²) in [5, 5.41) is 25.6. The van der Waals surface area contributed by atoms with Crippen molar-refractivity contribution in [3.63, 3.8) is 0 Å². The van der Waals surface area contributed by atoms with E-state index in [0.29, 0.717) is 24.9 Å². The number of aliphatic carboxylic acids is 1. The van der Waals surface area contributed by atoms with E-state index in [9.17, 15) is 29.1 Å². The second kappa shape index (κ2) is 14.5. The van der Waals surface area contributed by atoms with E-state index in [2.05, 4.69) is 16.0 Å². The minimum Gasteiger partial charge on any atom is -0.508 e. The Morgan fingerprint density at radius 2 is 1.51 bits per heavy atom. The van der Waals surface area contributed by atoms with Crippen LogP contribution in [-0.2, 0) is 30.4 Å². The average molecular weight is 495 g/mol. The maximum Gasteiger partial charge on any atom is 0.326 e. The van der Waals surface area contributed by atoms with Gasteiger partial charge in [0, 0.05) is 0 Å². The number of unbranched alkanes of at least 4 members (excludes halogenated alkanes) is 1. The predicted molar refractivity (Wildman–Crippen MR) is 126 cm³/mol. The van der Waals surface area contributed by atoms with Crippen LogP contribution in [0.3, 0.4) is 0 Å². The van der Waals surface area contributed by atoms with Crippen molar-refractivity contribution >= 4 is 29.6 Å². The molecule has 0 radical (unpaired) electrons. The second-order valence-corrected chi connectivity index (χ2v) is 8.12. The summed E-state index contributed by atoms with van der Waals surface area (Å²) in [7, 11) is 0. The van der Waals surface area contributed by atoms with Crippen LogP contribution in [0.2, 0.25) is 0 Å². The second-order valence-electron chi connectivity index (χ2n) is 8.12. The van der Waals surface area contributed by atoms with Crippen LogP contribution < -0.4 is 33.2 Å². The number of carbonyl (C=O) groups is 5. The van der Waals surface area contributed by atoms with Crippen LogP contribution >= 0.6 is 0 Å². The number of amides is 4. The molecule has 0 bridgehead atoms. The van der Waals surface area contributed by atoms with Gasteiger partial charge in [-0.15, -0.1) is 0 Å². The van der Waals surface area contributed by atoms with E-state index in [4.69, 9.17) is 22.3 Å². The highest BCUT2D eigenvalue weighted by atomic mass is 16.4. The lowest BCUT2D eigenvalue weighted by Crippen LogP contribution is -2.56. The zero-order valence-electron chi connectivity index (χ0n) is 19.5. The highest BCUT2D eigenvalue weighted by Crippen LogP contribution is 2.11. The number of rotatable bonds is 15. The summed E-state index contributed by atoms with van der Waals surface area (Å²) in [4.78, 5) is 60.0. The predicted octanol–water partition coefficient (Wildman–Crippen LogP) is -2.17. The molecule has 0 aromatic heterocycles. The first-order valence-corrected chi connectivity index (χ1v) is 11.1. The quantitative estimate of drug-likeness (QED) is 0.123. The van der Waals surface area contributed by atoms with Gasteiger partial charge in [0.25, 0.3) is 0 Å². The van der Waals surface area contributed by atoms with Crippen LogP contribution in [0.4, 0.5) is 0 Å². The molecule has 4 atom stereocenters. The van der Waals surface area contributed by atoms with Crippen LogP contribution in [0.15, 0.2) is 24.3 Å². The molecule has 0 aliphatic carbocycles. The summed E-state index contributed by atoms with van der Waals surface area (Å²) in [5.41, 5.74) is 17.2. The molecule has 4 unspecified atom stereocenters. The molecule has 1 aromatic carbocycles. The third kappa shape index (κ3) is 10.8. The van der Waals surface area contributed by atoms with Crippen LogP contribution in [0.25, 0.3) is 0 Å². The van der Waals surface area contributed by atoms with E-state index in [1.54, 1.807) is 12.1 Å². The van der Waals surface area contributed by atoms with Gasteiger partial charge in [0.2, 0.25) is 23.6 Å². The molecule has 0 saturated carbocycles. The summed E-state index contributed by atoms with van der Waals surface area (Å²) in [6, 6.07) is 1.47. The highest BCUT2D eigenvalue weighted by Gasteiger charge is 2.28. The van der Waals surface area contributed by atoms with E-state index in [0.717, 1.165) is 0 Å². The van der Waals surface area contributed by atoms with Crippen molar-refractivity contribution in [1.29, 1.82) is 0 Å². The topological polar surface area (TPSA) is 240 Å². The third-order valence-corrected chi connectivity index (χ3v) is 5.08. The molecule has 0 aliphatic rings. The monoisotopic (exact) mass is 494 g/mol. The lowest BCUT2D eigenvalue weighted by molar-refractivity contribution is -0.143. The fraction of sp³-hybridized carbons (Fsp3) is 0.500. The number of phenols is 1. The number of nitrogens with two attached hydrogens (primary N) is 3. The molecule has 1 rings (SSSR count). The van der Waals surface area contributed by atoms with Gasteiger partial charge < -0.3 is 43.4 Å². The maximum atomic E-state index is 12.8. The van der Waals surface area contributed by atoms with Gasteiger partial charge in [-0.2, -0.15) is 0 Å². The third-order valence-electron chi connectivity index (χ3n) is 5.08. The van der Waals surface area contributed by atoms with E-state index in [1.807, 2.05) is 0 Å². The largest absolute Gasteiger partial charge is 0.508 e. The maximum absolute atomic E-state index is 12.8. The Morgan fingerprint density at radius 1 is 0.914 bits per heavy atom. The Kier molecular flexibility index (Phi) is 12.2. The van der Waals surface area contributed by atoms with E-state index in [-0.39, 0.29) is 18.6 Å². The molecule has 13 nitrogen and oxygen atoms in total. The van der Waals surface area contributed by atoms with Crippen LogP contribution in [0.1, 0.15) is 38.2 Å². The number of hydrogen-bond acceptors (Lipinski definition) is 8. The fourth-order valence-electron chi connectivity index (χ4n) is 3.10. The van der Waals surface area contributed by atoms with Crippen molar-refractivity contribution < 1.29 is 34.2 Å². The molecule has 0 fully saturated rings. The minimum absolute atomic E-state index is 0.0749. The van der Waals surface area contributed by atoms with Gasteiger partial charge >= 0.3 is 5.97 Å². The summed E-state index contributed by atoms with van der Waals surface area (Å²) >= 11 is 0. The van der Waals surface area contributed by atoms with Gasteiger partial charge in [0.15, 0.2) is 0 Å². The van der Waals surface area contributed by atoms with E-state index >= 15 is 0 Å². The number of benzene rings is 1. The molecule has 1 aromatic rings. The zero-order chi connectivity index (χ0) is 26.5. The van der Waals surface area contributed by atoms with Gasteiger partial charge in [-0.3, -0.25) is 19.2 Å². The summed E-state index contributed by atoms with van der Waals surface area (Å²) in [5.74, 6) is -4.40. The Hall–Kier alpha value is -3.71. The molecule has 35 heavy (non-hydrogen) atoms. The van der Waals surface area contributed by atoms with Crippen LogP contribution in [0, 0.1) is 0 Å². The molecule has 194 valence electrons. The number of nitrogens with one attached hydrogen (secondary N) is 3. The molecule has 0 saturated heterocycles. The fourth-order valence-corrected chi connectivity index (χ4v) is 3.10. The van der Waals surface area contributed by atoms with Crippen molar-refractivity contribution in [2.75, 3.05) is 6.54 Å². The lowest BCUT2D eigenvalue weighted by Gasteiger charge is -2.23. The van der Waals surface area contributed by atoms with Gasteiger partial charge in [-0.1, -0.05) is 12.1 Å². The van der Waals surface area contributed by atoms with Crippen LogP contribution in [-0.4, -0.2) is 70.5 Å². The molecule has 4 amide bonds. The number of hydrogen-bond donors (Lipinski definition) is 8. The molecule has 13 heteroatoms. The van der Waals surface area contributed by atoms with Gasteiger partial charge in [-0.25, -0.2) is 4.79 Å². The molecule has 0 spiro atoms. The van der Waals surface area contributed by atoms with Gasteiger partial charge in [-0.05, 0) is 56.8 Å². The Morgan fingerprint density at radius 3 is 2.06 bits per heavy atom. The first kappa shape index (κ1) is 29.3. The van der Waals surface area contributed by atoms with Crippen molar-refractivity contribution in [1.82, 2.24) is 16.0 Å². The standard InChI is InChI=1S/C22H34N6O7/c1-12(19(31)28-17(22(34)35)11-18(25)30)26-21(33)16(4-2-3-9-23)27-20(32)15(24)10-13-5-7-14(29)8-6-13/h5-8,12,15-17,29H,2-4,9-11,23-24H2,1H3,(H2,25,30)(H,26,33)(H,27,32)(H,28,31)(H,34,35). The SMILES string of the molecule is CC(NC(=O)C(CCCCN)NC(=O)C(N)Cc1ccc(O)cc1)C(=O)NC(CC(N)=O)C(=O)O. The Bertz CT molecular complexity index is 893. The Labute approximate surface area is 202 Å². The van der Waals surface area contributed by atoms with Crippen LogP contribution in [0.5, 0.6) is 5.75 Å². The number of aromatic hydroxyl groups is 1. The molecular formula is C22H34N6O7. The molecule has 0 aliphatic heterocycles. The molecule has 0 heterocycles. The summed E-state index contributed by atoms with van der Waals surface area (Å²) in [6.45, 7) is 1.71. The highest BCUT2D eigenvalue weighted by molar-refractivity contribution is 5.94. The lowest BCUT2D eigenvalue weighted by atomic mass is 10.0. The zero-order valence-corrected chi connectivity index (χ0v) is 19.5. The van der Waals surface area contributed by atoms with Gasteiger partial charge in [0.05, 0.1) is 12.5 Å². The Balaban J connectivity index is 2.79. The smallest absolute Gasteiger partial charge is 0.326 e. The van der Waals surface area contributed by atoms with Crippen molar-refractivity contribution in [3.8, 4) is 5.75 Å². The normalized spacial score (nSPS) is 14.1. The van der Waals surface area contributed by atoms with Crippen molar-refractivity contribution in [2.24, 2.45) is 17.2 Å². The summed E-state index contributed by atoms with van der Waals surface area (Å²) in [6.07, 6.45) is 0.899. The first-order valence-electron chi connectivity index (χ1n) is 11.1. The van der Waals surface area contributed by atoms with E-state index < -0.39 is 60.2 Å². The van der Waals surface area contributed by atoms with E-state index in [1.165, 1.54) is 19.1 Å².